The molecule has 2 aromatic rings. The Morgan fingerprint density at radius 2 is 1.57 bits per heavy atom. The van der Waals surface area contributed by atoms with Crippen molar-refractivity contribution >= 4 is 23.5 Å². The molecule has 1 atom stereocenters. The van der Waals surface area contributed by atoms with Crippen LogP contribution in [0.1, 0.15) is 34.6 Å². The third-order valence-electron chi connectivity index (χ3n) is 4.68. The van der Waals surface area contributed by atoms with Crippen LogP contribution in [0.4, 0.5) is 5.69 Å². The minimum atomic E-state index is -1.01. The number of hydrogen-bond acceptors (Lipinski definition) is 6. The Hall–Kier alpha value is -3.55. The smallest absolute Gasteiger partial charge is 0.329 e. The van der Waals surface area contributed by atoms with E-state index in [0.717, 1.165) is 4.90 Å². The van der Waals surface area contributed by atoms with E-state index in [1.807, 2.05) is 0 Å². The van der Waals surface area contributed by atoms with Gasteiger partial charge in [-0.25, -0.2) is 4.79 Å². The van der Waals surface area contributed by atoms with Crippen molar-refractivity contribution in [1.29, 1.82) is 0 Å². The van der Waals surface area contributed by atoms with Crippen molar-refractivity contribution in [3.63, 3.8) is 0 Å². The van der Waals surface area contributed by atoms with E-state index in [1.54, 1.807) is 38.1 Å². The highest BCUT2D eigenvalue weighted by molar-refractivity contribution is 6.23. The van der Waals surface area contributed by atoms with Crippen LogP contribution in [-0.4, -0.2) is 40.8 Å². The Morgan fingerprint density at radius 1 is 1.00 bits per heavy atom. The van der Waals surface area contributed by atoms with E-state index in [4.69, 9.17) is 4.74 Å². The van der Waals surface area contributed by atoms with Crippen LogP contribution in [0.3, 0.4) is 0 Å². The second-order valence-electron chi connectivity index (χ2n) is 6.76. The van der Waals surface area contributed by atoms with Gasteiger partial charge in [0.15, 0.2) is 0 Å². The predicted octanol–water partition coefficient (Wildman–Crippen LogP) is 3.06. The first kappa shape index (κ1) is 19.2. The number of fused-ring (bicyclic) bond motifs is 1. The molecular formula is C20H18N2O6. The van der Waals surface area contributed by atoms with Crippen molar-refractivity contribution in [2.24, 2.45) is 5.92 Å². The molecular weight excluding hydrogens is 364 g/mol. The van der Waals surface area contributed by atoms with Gasteiger partial charge in [-0.05, 0) is 41.3 Å². The zero-order valence-electron chi connectivity index (χ0n) is 15.5. The molecule has 3 rings (SSSR count). The van der Waals surface area contributed by atoms with E-state index in [-0.39, 0.29) is 22.7 Å². The number of rotatable bonds is 5. The van der Waals surface area contributed by atoms with Crippen LogP contribution in [0.25, 0.3) is 11.1 Å². The topological polar surface area (TPSA) is 107 Å². The van der Waals surface area contributed by atoms with Crippen molar-refractivity contribution in [1.82, 2.24) is 4.90 Å². The fraction of sp³-hybridized carbons (Fsp3) is 0.250. The Morgan fingerprint density at radius 3 is 2.11 bits per heavy atom. The van der Waals surface area contributed by atoms with Gasteiger partial charge in [0.1, 0.15) is 6.04 Å². The molecule has 1 aliphatic rings. The molecule has 0 saturated heterocycles. The van der Waals surface area contributed by atoms with Gasteiger partial charge in [-0.2, -0.15) is 0 Å². The Kier molecular flexibility index (Phi) is 4.96. The van der Waals surface area contributed by atoms with Crippen LogP contribution < -0.4 is 0 Å². The number of ether oxygens (including phenoxy) is 1. The van der Waals surface area contributed by atoms with E-state index < -0.39 is 28.7 Å². The van der Waals surface area contributed by atoms with E-state index in [0.29, 0.717) is 11.1 Å². The number of non-ortho nitro benzene ring substituents is 1. The second-order valence-corrected chi connectivity index (χ2v) is 6.76. The number of methoxy groups -OCH3 is 1. The highest BCUT2D eigenvalue weighted by Gasteiger charge is 2.44. The van der Waals surface area contributed by atoms with E-state index >= 15 is 0 Å². The summed E-state index contributed by atoms with van der Waals surface area (Å²) >= 11 is 0. The van der Waals surface area contributed by atoms with Crippen LogP contribution >= 0.6 is 0 Å². The summed E-state index contributed by atoms with van der Waals surface area (Å²) in [5, 5.41) is 10.8. The fourth-order valence-electron chi connectivity index (χ4n) is 3.26. The molecule has 1 heterocycles. The summed E-state index contributed by atoms with van der Waals surface area (Å²) in [6, 6.07) is 9.63. The van der Waals surface area contributed by atoms with Gasteiger partial charge < -0.3 is 4.74 Å². The van der Waals surface area contributed by atoms with Crippen LogP contribution in [0.15, 0.2) is 42.5 Å². The van der Waals surface area contributed by atoms with Gasteiger partial charge in [-0.15, -0.1) is 0 Å². The van der Waals surface area contributed by atoms with Crippen LogP contribution in [0, 0.1) is 16.0 Å². The summed E-state index contributed by atoms with van der Waals surface area (Å²) < 4.78 is 4.77. The van der Waals surface area contributed by atoms with Crippen molar-refractivity contribution < 1.29 is 24.0 Å². The SMILES string of the molecule is COC(=O)C(C(C)C)N1C(=O)c2ccc(-c3ccc([N+](=O)[O-])cc3)cc2C1=O. The number of carbonyl (C=O) groups excluding carboxylic acids is 3. The standard InChI is InChI=1S/C20H18N2O6/c1-11(2)17(20(25)28-3)21-18(23)15-9-6-13(10-16(15)19(21)24)12-4-7-14(8-5-12)22(26)27/h4-11,17H,1-3H3. The van der Waals surface area contributed by atoms with Gasteiger partial charge in [0.25, 0.3) is 17.5 Å². The first-order valence-corrected chi connectivity index (χ1v) is 8.61. The number of nitro groups is 1. The number of nitro benzene ring substituents is 1. The third kappa shape index (κ3) is 3.13. The van der Waals surface area contributed by atoms with Crippen LogP contribution in [0.2, 0.25) is 0 Å². The minimum absolute atomic E-state index is 0.0415. The summed E-state index contributed by atoms with van der Waals surface area (Å²) in [5.41, 5.74) is 1.66. The van der Waals surface area contributed by atoms with Crippen molar-refractivity contribution in [3.8, 4) is 11.1 Å². The van der Waals surface area contributed by atoms with Crippen molar-refractivity contribution in [3.05, 3.63) is 63.7 Å². The molecule has 0 fully saturated rings. The molecule has 1 aliphatic heterocycles. The number of esters is 1. The normalized spacial score (nSPS) is 14.2. The highest BCUT2D eigenvalue weighted by Crippen LogP contribution is 2.32. The molecule has 8 nitrogen and oxygen atoms in total. The minimum Gasteiger partial charge on any atom is -0.467 e. The maximum absolute atomic E-state index is 12.9. The monoisotopic (exact) mass is 382 g/mol. The zero-order valence-corrected chi connectivity index (χ0v) is 15.5. The molecule has 0 aliphatic carbocycles. The number of carbonyl (C=O) groups is 3. The van der Waals surface area contributed by atoms with Gasteiger partial charge in [-0.1, -0.05) is 19.9 Å². The molecule has 0 spiro atoms. The molecule has 144 valence electrons. The maximum atomic E-state index is 12.9. The summed E-state index contributed by atoms with van der Waals surface area (Å²) in [6.45, 7) is 3.46. The molecule has 2 amide bonds. The Bertz CT molecular complexity index is 981. The van der Waals surface area contributed by atoms with Crippen molar-refractivity contribution in [2.75, 3.05) is 7.11 Å². The average molecular weight is 382 g/mol. The highest BCUT2D eigenvalue weighted by atomic mass is 16.6. The Labute approximate surface area is 160 Å². The molecule has 0 N–H and O–H groups in total. The van der Waals surface area contributed by atoms with Gasteiger partial charge in [0.2, 0.25) is 0 Å². The van der Waals surface area contributed by atoms with Gasteiger partial charge in [0, 0.05) is 12.1 Å². The summed E-state index contributed by atoms with van der Waals surface area (Å²) in [7, 11) is 1.21. The summed E-state index contributed by atoms with van der Waals surface area (Å²) in [5.74, 6) is -2.07. The quantitative estimate of drug-likeness (QED) is 0.340. The maximum Gasteiger partial charge on any atom is 0.329 e. The number of imide groups is 1. The molecule has 28 heavy (non-hydrogen) atoms. The molecule has 1 unspecified atom stereocenters. The molecule has 0 aromatic heterocycles. The summed E-state index contributed by atoms with van der Waals surface area (Å²) in [6.07, 6.45) is 0. The van der Waals surface area contributed by atoms with Gasteiger partial charge >= 0.3 is 5.97 Å². The van der Waals surface area contributed by atoms with Gasteiger partial charge in [-0.3, -0.25) is 24.6 Å². The largest absolute Gasteiger partial charge is 0.467 e. The number of nitrogens with zero attached hydrogens (tertiary/aromatic N) is 2. The van der Waals surface area contributed by atoms with Crippen LogP contribution in [0.5, 0.6) is 0 Å². The lowest BCUT2D eigenvalue weighted by Crippen LogP contribution is -2.48. The summed E-state index contributed by atoms with van der Waals surface area (Å²) in [4.78, 5) is 49.1. The number of hydrogen-bond donors (Lipinski definition) is 0. The van der Waals surface area contributed by atoms with E-state index in [2.05, 4.69) is 0 Å². The average Bonchev–Trinajstić information content (AvgIpc) is 2.92. The fourth-order valence-corrected chi connectivity index (χ4v) is 3.26. The number of benzene rings is 2. The lowest BCUT2D eigenvalue weighted by atomic mass is 10.00. The second kappa shape index (κ2) is 7.22. The van der Waals surface area contributed by atoms with Crippen molar-refractivity contribution in [2.45, 2.75) is 19.9 Å². The Balaban J connectivity index is 2.00. The molecule has 2 aromatic carbocycles. The molecule has 8 heteroatoms. The molecule has 0 saturated carbocycles. The van der Waals surface area contributed by atoms with E-state index in [1.165, 1.54) is 25.3 Å². The lowest BCUT2D eigenvalue weighted by molar-refractivity contribution is -0.384. The first-order valence-electron chi connectivity index (χ1n) is 8.61. The predicted molar refractivity (Wildman–Crippen MR) is 99.7 cm³/mol. The van der Waals surface area contributed by atoms with Crippen LogP contribution in [-0.2, 0) is 9.53 Å². The molecule has 0 bridgehead atoms. The van der Waals surface area contributed by atoms with E-state index in [9.17, 15) is 24.5 Å². The molecule has 0 radical (unpaired) electrons. The number of amides is 2. The zero-order chi connectivity index (χ0) is 20.6. The van der Waals surface area contributed by atoms with Gasteiger partial charge in [0.05, 0.1) is 23.2 Å². The third-order valence-corrected chi connectivity index (χ3v) is 4.68. The first-order chi connectivity index (χ1) is 13.3. The lowest BCUT2D eigenvalue weighted by Gasteiger charge is -2.26.